The fraction of sp³-hybridized carbons (Fsp3) is 0.935. The number of esters is 2. The molecule has 2 atom stereocenters. The van der Waals surface area contributed by atoms with Crippen LogP contribution in [0.5, 0.6) is 0 Å². The van der Waals surface area contributed by atoms with E-state index >= 15 is 0 Å². The van der Waals surface area contributed by atoms with E-state index in [-0.39, 0.29) is 42.7 Å². The SMILES string of the molecule is CCCCCCCCCCCCCCCCCCCCCCCC(=O)OC(COCCC(C(=O)[O-])[N+](C)(C)C)COC(=O)CCCCCCCCCCC. The van der Waals surface area contributed by atoms with E-state index < -0.39 is 18.1 Å². The number of carbonyl (C=O) groups excluding carboxylic acids is 3. The van der Waals surface area contributed by atoms with Crippen LogP contribution < -0.4 is 5.11 Å². The average Bonchev–Trinajstić information content (AvgIpc) is 3.12. The standard InChI is InChI=1S/C46H89NO7/c1-6-8-10-12-14-16-17-18-19-20-21-22-23-24-25-26-27-29-31-33-35-37-45(49)54-42(40-52-39-38-43(46(50)51)47(3,4)5)41-53-44(48)36-34-32-30-28-15-13-11-9-7-2/h42-43H,6-41H2,1-5H3. The van der Waals surface area contributed by atoms with Gasteiger partial charge in [0.25, 0.3) is 0 Å². The fourth-order valence-electron chi connectivity index (χ4n) is 7.13. The minimum Gasteiger partial charge on any atom is -0.544 e. The molecule has 0 heterocycles. The first-order valence-electron chi connectivity index (χ1n) is 23.1. The molecule has 0 spiro atoms. The monoisotopic (exact) mass is 768 g/mol. The number of ether oxygens (including phenoxy) is 3. The number of carboxylic acids is 1. The summed E-state index contributed by atoms with van der Waals surface area (Å²) < 4.78 is 17.2. The van der Waals surface area contributed by atoms with Crippen LogP contribution >= 0.6 is 0 Å². The summed E-state index contributed by atoms with van der Waals surface area (Å²) in [5, 5.41) is 11.6. The Bertz CT molecular complexity index is 858. The maximum atomic E-state index is 12.7. The molecule has 0 radical (unpaired) electrons. The minimum absolute atomic E-state index is 0.0489. The summed E-state index contributed by atoms with van der Waals surface area (Å²) in [4.78, 5) is 36.8. The predicted molar refractivity (Wildman–Crippen MR) is 222 cm³/mol. The van der Waals surface area contributed by atoms with E-state index in [2.05, 4.69) is 13.8 Å². The third-order valence-electron chi connectivity index (χ3n) is 10.7. The Labute approximate surface area is 334 Å². The first kappa shape index (κ1) is 52.3. The lowest BCUT2D eigenvalue weighted by Crippen LogP contribution is -2.55. The highest BCUT2D eigenvalue weighted by molar-refractivity contribution is 5.70. The fourth-order valence-corrected chi connectivity index (χ4v) is 7.13. The van der Waals surface area contributed by atoms with Gasteiger partial charge in [-0.3, -0.25) is 9.59 Å². The molecule has 0 N–H and O–H groups in total. The zero-order valence-corrected chi connectivity index (χ0v) is 36.4. The lowest BCUT2D eigenvalue weighted by Gasteiger charge is -2.34. The van der Waals surface area contributed by atoms with Gasteiger partial charge in [-0.05, 0) is 12.8 Å². The Balaban J connectivity index is 4.16. The Kier molecular flexibility index (Phi) is 37.0. The van der Waals surface area contributed by atoms with Crippen molar-refractivity contribution in [3.8, 4) is 0 Å². The van der Waals surface area contributed by atoms with Crippen molar-refractivity contribution in [2.75, 3.05) is 41.0 Å². The molecule has 0 saturated heterocycles. The largest absolute Gasteiger partial charge is 0.544 e. The van der Waals surface area contributed by atoms with E-state index in [1.165, 1.54) is 154 Å². The molecule has 0 saturated carbocycles. The molecule has 0 aromatic rings. The number of carbonyl (C=O) groups is 3. The van der Waals surface area contributed by atoms with Gasteiger partial charge < -0.3 is 28.6 Å². The molecular weight excluding hydrogens is 679 g/mol. The molecule has 0 fully saturated rings. The summed E-state index contributed by atoms with van der Waals surface area (Å²) in [7, 11) is 5.42. The Morgan fingerprint density at radius 1 is 0.481 bits per heavy atom. The Morgan fingerprint density at radius 3 is 1.15 bits per heavy atom. The van der Waals surface area contributed by atoms with E-state index in [9.17, 15) is 19.5 Å². The van der Waals surface area contributed by atoms with Crippen molar-refractivity contribution in [1.29, 1.82) is 0 Å². The van der Waals surface area contributed by atoms with Gasteiger partial charge in [-0.1, -0.05) is 194 Å². The first-order chi connectivity index (χ1) is 26.1. The van der Waals surface area contributed by atoms with Gasteiger partial charge in [0.2, 0.25) is 0 Å². The molecule has 0 aliphatic heterocycles. The van der Waals surface area contributed by atoms with Gasteiger partial charge in [0.1, 0.15) is 12.6 Å². The van der Waals surface area contributed by atoms with Crippen LogP contribution in [0.4, 0.5) is 0 Å². The lowest BCUT2D eigenvalue weighted by molar-refractivity contribution is -0.889. The maximum Gasteiger partial charge on any atom is 0.306 e. The third kappa shape index (κ3) is 36.0. The first-order valence-corrected chi connectivity index (χ1v) is 23.1. The van der Waals surface area contributed by atoms with E-state index in [1.807, 2.05) is 0 Å². The quantitative estimate of drug-likeness (QED) is 0.0346. The number of rotatable bonds is 42. The summed E-state index contributed by atoms with van der Waals surface area (Å²) in [6, 6.07) is -0.718. The normalized spacial score (nSPS) is 12.8. The molecule has 0 amide bonds. The number of aliphatic carboxylic acids is 1. The van der Waals surface area contributed by atoms with Gasteiger partial charge in [0.15, 0.2) is 6.10 Å². The van der Waals surface area contributed by atoms with E-state index in [1.54, 1.807) is 21.1 Å². The zero-order valence-electron chi connectivity index (χ0n) is 36.4. The number of carboxylic acid groups (broad SMARTS) is 1. The lowest BCUT2D eigenvalue weighted by atomic mass is 10.0. The predicted octanol–water partition coefficient (Wildman–Crippen LogP) is 11.2. The van der Waals surface area contributed by atoms with E-state index in [0.717, 1.165) is 38.5 Å². The Morgan fingerprint density at radius 2 is 0.815 bits per heavy atom. The second-order valence-corrected chi connectivity index (χ2v) is 17.0. The van der Waals surface area contributed by atoms with Crippen LogP contribution in [0.15, 0.2) is 0 Å². The highest BCUT2D eigenvalue weighted by Crippen LogP contribution is 2.16. The number of hydrogen-bond acceptors (Lipinski definition) is 7. The van der Waals surface area contributed by atoms with Crippen molar-refractivity contribution in [2.24, 2.45) is 0 Å². The molecular formula is C46H89NO7. The van der Waals surface area contributed by atoms with Crippen LogP contribution in [0.1, 0.15) is 226 Å². The summed E-state index contributed by atoms with van der Waals surface area (Å²) in [5.41, 5.74) is 0. The molecule has 320 valence electrons. The van der Waals surface area contributed by atoms with Crippen molar-refractivity contribution >= 4 is 17.9 Å². The van der Waals surface area contributed by atoms with Crippen LogP contribution in [-0.2, 0) is 28.6 Å². The third-order valence-corrected chi connectivity index (χ3v) is 10.7. The number of nitrogens with zero attached hydrogens (tertiary/aromatic N) is 1. The van der Waals surface area contributed by atoms with Crippen molar-refractivity contribution in [2.45, 2.75) is 238 Å². The zero-order chi connectivity index (χ0) is 40.0. The average molecular weight is 768 g/mol. The minimum atomic E-state index is -1.12. The molecule has 0 aromatic heterocycles. The van der Waals surface area contributed by atoms with Crippen LogP contribution in [-0.4, -0.2) is 75.5 Å². The van der Waals surface area contributed by atoms with Crippen molar-refractivity contribution in [3.05, 3.63) is 0 Å². The highest BCUT2D eigenvalue weighted by Gasteiger charge is 2.25. The van der Waals surface area contributed by atoms with E-state index in [4.69, 9.17) is 14.2 Å². The van der Waals surface area contributed by atoms with Gasteiger partial charge in [-0.25, -0.2) is 0 Å². The number of hydrogen-bond donors (Lipinski definition) is 0. The topological polar surface area (TPSA) is 102 Å². The maximum absolute atomic E-state index is 12.7. The second kappa shape index (κ2) is 38.2. The van der Waals surface area contributed by atoms with Gasteiger partial charge in [0, 0.05) is 19.3 Å². The molecule has 8 nitrogen and oxygen atoms in total. The van der Waals surface area contributed by atoms with Crippen LogP contribution in [0.25, 0.3) is 0 Å². The van der Waals surface area contributed by atoms with Crippen LogP contribution in [0.3, 0.4) is 0 Å². The Hall–Kier alpha value is -1.67. The van der Waals surface area contributed by atoms with Gasteiger partial charge in [-0.15, -0.1) is 0 Å². The summed E-state index contributed by atoms with van der Waals surface area (Å²) in [6.45, 7) is 4.68. The molecule has 0 bridgehead atoms. The molecule has 0 rings (SSSR count). The molecule has 0 aliphatic rings. The van der Waals surface area contributed by atoms with Crippen molar-refractivity contribution in [1.82, 2.24) is 0 Å². The van der Waals surface area contributed by atoms with Crippen molar-refractivity contribution < 1.29 is 38.2 Å². The molecule has 54 heavy (non-hydrogen) atoms. The van der Waals surface area contributed by atoms with Crippen LogP contribution in [0, 0.1) is 0 Å². The summed E-state index contributed by atoms with van der Waals surface area (Å²) in [5.74, 6) is -1.72. The van der Waals surface area contributed by atoms with Crippen LogP contribution in [0.2, 0.25) is 0 Å². The van der Waals surface area contributed by atoms with E-state index in [0.29, 0.717) is 12.8 Å². The smallest absolute Gasteiger partial charge is 0.306 e. The molecule has 2 unspecified atom stereocenters. The van der Waals surface area contributed by atoms with Crippen molar-refractivity contribution in [3.63, 3.8) is 0 Å². The number of quaternary nitrogens is 1. The highest BCUT2D eigenvalue weighted by atomic mass is 16.6. The molecule has 8 heteroatoms. The number of unbranched alkanes of at least 4 members (excludes halogenated alkanes) is 28. The van der Waals surface area contributed by atoms with Gasteiger partial charge in [0.05, 0.1) is 40.3 Å². The summed E-state index contributed by atoms with van der Waals surface area (Å²) in [6.07, 6.45) is 38.5. The number of likely N-dealkylation sites (N-methyl/N-ethyl adjacent to an activating group) is 1. The van der Waals surface area contributed by atoms with Gasteiger partial charge in [-0.2, -0.15) is 0 Å². The second-order valence-electron chi connectivity index (χ2n) is 17.0. The summed E-state index contributed by atoms with van der Waals surface area (Å²) >= 11 is 0. The molecule has 0 aliphatic carbocycles. The van der Waals surface area contributed by atoms with Gasteiger partial charge >= 0.3 is 11.9 Å². The molecule has 0 aromatic carbocycles.